The van der Waals surface area contributed by atoms with Gasteiger partial charge in [0.05, 0.1) is 7.05 Å². The Kier molecular flexibility index (Phi) is 7.03. The molecule has 0 aliphatic rings. The van der Waals surface area contributed by atoms with Gasteiger partial charge in [0.2, 0.25) is 0 Å². The van der Waals surface area contributed by atoms with Crippen LogP contribution in [0.25, 0.3) is 0 Å². The molecule has 1 unspecified atom stereocenters. The van der Waals surface area contributed by atoms with Crippen LogP contribution in [0.15, 0.2) is 53.4 Å². The lowest BCUT2D eigenvalue weighted by atomic mass is 10.2. The Morgan fingerprint density at radius 3 is 2.48 bits per heavy atom. The van der Waals surface area contributed by atoms with Crippen molar-refractivity contribution in [1.82, 2.24) is 5.32 Å². The second-order valence-electron chi connectivity index (χ2n) is 5.87. The number of quaternary nitrogens is 1. The van der Waals surface area contributed by atoms with Crippen molar-refractivity contribution in [3.8, 4) is 0 Å². The van der Waals surface area contributed by atoms with E-state index in [1.807, 2.05) is 7.05 Å². The van der Waals surface area contributed by atoms with E-state index in [2.05, 4.69) is 41.2 Å². The molecule has 0 aromatic heterocycles. The number of benzene rings is 2. The number of hydrogen-bond donors (Lipinski definition) is 3. The van der Waals surface area contributed by atoms with Crippen LogP contribution >= 0.6 is 11.8 Å². The Labute approximate surface area is 152 Å². The van der Waals surface area contributed by atoms with Gasteiger partial charge in [0.1, 0.15) is 6.54 Å². The minimum atomic E-state index is -0.174. The van der Waals surface area contributed by atoms with Gasteiger partial charge in [0.25, 0.3) is 11.8 Å². The van der Waals surface area contributed by atoms with E-state index in [9.17, 15) is 9.59 Å². The summed E-state index contributed by atoms with van der Waals surface area (Å²) in [6.07, 6.45) is 2.05. The molecule has 0 saturated heterocycles. The fraction of sp³-hybridized carbons (Fsp3) is 0.263. The second-order valence-corrected chi connectivity index (χ2v) is 6.75. The molecule has 2 aromatic carbocycles. The van der Waals surface area contributed by atoms with Crippen LogP contribution in [-0.4, -0.2) is 38.7 Å². The van der Waals surface area contributed by atoms with Crippen LogP contribution in [0.2, 0.25) is 0 Å². The normalized spacial score (nSPS) is 11.6. The van der Waals surface area contributed by atoms with E-state index in [0.29, 0.717) is 17.8 Å². The third kappa shape index (κ3) is 5.92. The van der Waals surface area contributed by atoms with Gasteiger partial charge in [0, 0.05) is 28.8 Å². The van der Waals surface area contributed by atoms with Gasteiger partial charge >= 0.3 is 0 Å². The van der Waals surface area contributed by atoms with Crippen LogP contribution in [0.5, 0.6) is 0 Å². The van der Waals surface area contributed by atoms with E-state index in [0.717, 1.165) is 11.4 Å². The van der Waals surface area contributed by atoms with Crippen molar-refractivity contribution in [2.75, 3.05) is 32.2 Å². The first-order valence-electron chi connectivity index (χ1n) is 8.08. The lowest BCUT2D eigenvalue weighted by Crippen LogP contribution is -3.08. The molecule has 2 amide bonds. The fourth-order valence-corrected chi connectivity index (χ4v) is 2.92. The Balaban J connectivity index is 1.89. The molecule has 0 spiro atoms. The fourth-order valence-electron chi connectivity index (χ4n) is 2.52. The van der Waals surface area contributed by atoms with Crippen molar-refractivity contribution >= 4 is 29.3 Å². The van der Waals surface area contributed by atoms with E-state index in [-0.39, 0.29) is 11.8 Å². The van der Waals surface area contributed by atoms with Gasteiger partial charge in [-0.2, -0.15) is 0 Å². The molecule has 3 N–H and O–H groups in total. The van der Waals surface area contributed by atoms with Gasteiger partial charge in [-0.25, -0.2) is 0 Å². The summed E-state index contributed by atoms with van der Waals surface area (Å²) in [4.78, 5) is 26.2. The molecule has 0 bridgehead atoms. The molecule has 25 heavy (non-hydrogen) atoms. The van der Waals surface area contributed by atoms with Gasteiger partial charge in [-0.1, -0.05) is 18.2 Å². The maximum atomic E-state index is 12.2. The zero-order chi connectivity index (χ0) is 18.2. The third-order valence-electron chi connectivity index (χ3n) is 3.76. The molecule has 5 nitrogen and oxygen atoms in total. The second kappa shape index (κ2) is 9.25. The average Bonchev–Trinajstić information content (AvgIpc) is 2.61. The first-order chi connectivity index (χ1) is 12.0. The number of amides is 2. The first-order valence-corrected chi connectivity index (χ1v) is 9.30. The van der Waals surface area contributed by atoms with E-state index >= 15 is 0 Å². The minimum absolute atomic E-state index is 0.0766. The Hall–Kier alpha value is -2.31. The van der Waals surface area contributed by atoms with Crippen molar-refractivity contribution < 1.29 is 14.5 Å². The molecular weight excluding hydrogens is 334 g/mol. The number of hydrogen-bond acceptors (Lipinski definition) is 3. The summed E-state index contributed by atoms with van der Waals surface area (Å²) in [5.74, 6) is -0.250. The number of anilines is 1. The van der Waals surface area contributed by atoms with Crippen LogP contribution < -0.4 is 15.5 Å². The van der Waals surface area contributed by atoms with Crippen LogP contribution in [0.1, 0.15) is 15.9 Å². The number of nitrogens with one attached hydrogen (secondary N) is 3. The topological polar surface area (TPSA) is 62.6 Å². The van der Waals surface area contributed by atoms with Crippen LogP contribution in [0.4, 0.5) is 5.69 Å². The highest BCUT2D eigenvalue weighted by atomic mass is 32.2. The number of thioether (sulfide) groups is 1. The molecule has 0 aliphatic carbocycles. The summed E-state index contributed by atoms with van der Waals surface area (Å²) in [5, 5.41) is 5.43. The summed E-state index contributed by atoms with van der Waals surface area (Å²) in [6, 6.07) is 15.3. The van der Waals surface area contributed by atoms with Crippen LogP contribution in [0.3, 0.4) is 0 Å². The predicted octanol–water partition coefficient (Wildman–Crippen LogP) is 1.42. The summed E-state index contributed by atoms with van der Waals surface area (Å²) in [5.41, 5.74) is 2.35. The Morgan fingerprint density at radius 1 is 1.12 bits per heavy atom. The van der Waals surface area contributed by atoms with Gasteiger partial charge in [-0.05, 0) is 36.6 Å². The third-order valence-corrected chi connectivity index (χ3v) is 4.51. The number of rotatable bonds is 7. The molecule has 0 heterocycles. The highest BCUT2D eigenvalue weighted by Gasteiger charge is 2.12. The largest absolute Gasteiger partial charge is 0.355 e. The summed E-state index contributed by atoms with van der Waals surface area (Å²) >= 11 is 1.71. The maximum Gasteiger partial charge on any atom is 0.279 e. The maximum absolute atomic E-state index is 12.2. The summed E-state index contributed by atoms with van der Waals surface area (Å²) < 4.78 is 0. The van der Waals surface area contributed by atoms with Crippen molar-refractivity contribution in [1.29, 1.82) is 0 Å². The molecule has 0 aliphatic heterocycles. The average molecular weight is 358 g/mol. The molecular formula is C19H24N3O2S+. The Morgan fingerprint density at radius 2 is 1.84 bits per heavy atom. The quantitative estimate of drug-likeness (QED) is 0.656. The SMILES string of the molecule is CNC(=O)c1cccc(NC(=O)C[NH+](C)Cc2ccc(SC)cc2)c1. The van der Waals surface area contributed by atoms with E-state index in [4.69, 9.17) is 0 Å². The first kappa shape index (κ1) is 19.0. The molecule has 2 rings (SSSR count). The molecule has 132 valence electrons. The smallest absolute Gasteiger partial charge is 0.279 e. The Bertz CT molecular complexity index is 732. The standard InChI is InChI=1S/C19H23N3O2S/c1-20-19(24)15-5-4-6-16(11-15)21-18(23)13-22(2)12-14-7-9-17(25-3)10-8-14/h4-11H,12-13H2,1-3H3,(H,20,24)(H,21,23)/p+1. The van der Waals surface area contributed by atoms with E-state index < -0.39 is 0 Å². The van der Waals surface area contributed by atoms with E-state index in [1.165, 1.54) is 10.5 Å². The zero-order valence-electron chi connectivity index (χ0n) is 14.8. The van der Waals surface area contributed by atoms with Crippen LogP contribution in [-0.2, 0) is 11.3 Å². The highest BCUT2D eigenvalue weighted by Crippen LogP contribution is 2.14. The number of carbonyl (C=O) groups is 2. The van der Waals surface area contributed by atoms with Gasteiger partial charge < -0.3 is 15.5 Å². The minimum Gasteiger partial charge on any atom is -0.355 e. The summed E-state index contributed by atoms with van der Waals surface area (Å²) in [6.45, 7) is 1.13. The zero-order valence-corrected chi connectivity index (χ0v) is 15.6. The van der Waals surface area contributed by atoms with E-state index in [1.54, 1.807) is 43.1 Å². The van der Waals surface area contributed by atoms with Crippen molar-refractivity contribution in [3.63, 3.8) is 0 Å². The lowest BCUT2D eigenvalue weighted by Gasteiger charge is -2.14. The van der Waals surface area contributed by atoms with Crippen molar-refractivity contribution in [3.05, 3.63) is 59.7 Å². The van der Waals surface area contributed by atoms with Gasteiger partial charge in [-0.15, -0.1) is 11.8 Å². The predicted molar refractivity (Wildman–Crippen MR) is 102 cm³/mol. The van der Waals surface area contributed by atoms with Crippen molar-refractivity contribution in [2.24, 2.45) is 0 Å². The summed E-state index contributed by atoms with van der Waals surface area (Å²) in [7, 11) is 3.57. The van der Waals surface area contributed by atoms with Crippen LogP contribution in [0, 0.1) is 0 Å². The molecule has 0 saturated carbocycles. The number of carbonyl (C=O) groups excluding carboxylic acids is 2. The van der Waals surface area contributed by atoms with Gasteiger partial charge in [-0.3, -0.25) is 9.59 Å². The molecule has 6 heteroatoms. The highest BCUT2D eigenvalue weighted by molar-refractivity contribution is 7.98. The number of likely N-dealkylation sites (N-methyl/N-ethyl adjacent to an activating group) is 1. The molecule has 0 fully saturated rings. The molecule has 0 radical (unpaired) electrons. The lowest BCUT2D eigenvalue weighted by molar-refractivity contribution is -0.885. The molecule has 1 atom stereocenters. The van der Waals surface area contributed by atoms with Gasteiger partial charge in [0.15, 0.2) is 6.54 Å². The van der Waals surface area contributed by atoms with Crippen molar-refractivity contribution in [2.45, 2.75) is 11.4 Å². The monoisotopic (exact) mass is 358 g/mol. The molecule has 2 aromatic rings.